The minimum absolute atomic E-state index is 0.0896. The number of hydrogen-bond acceptors (Lipinski definition) is 4. The summed E-state index contributed by atoms with van der Waals surface area (Å²) >= 11 is 3.73. The third kappa shape index (κ3) is 1.48. The number of rotatable bonds is 1. The predicted octanol–water partition coefficient (Wildman–Crippen LogP) is 2.47. The molecule has 4 nitrogen and oxygen atoms in total. The molecule has 1 saturated heterocycles. The molecule has 1 spiro atoms. The molecule has 120 valence electrons. The van der Waals surface area contributed by atoms with Gasteiger partial charge in [-0.25, -0.2) is 0 Å². The monoisotopic (exact) mass is 375 g/mol. The van der Waals surface area contributed by atoms with Crippen LogP contribution >= 0.6 is 15.9 Å². The lowest BCUT2D eigenvalue weighted by Gasteiger charge is -2.55. The van der Waals surface area contributed by atoms with Crippen molar-refractivity contribution in [3.8, 4) is 11.5 Å². The van der Waals surface area contributed by atoms with Gasteiger partial charge in [0.25, 0.3) is 0 Å². The molecule has 2 aliphatic heterocycles. The van der Waals surface area contributed by atoms with E-state index in [0.717, 1.165) is 35.4 Å². The van der Waals surface area contributed by atoms with Crippen LogP contribution in [0.5, 0.6) is 11.5 Å². The lowest BCUT2D eigenvalue weighted by molar-refractivity contribution is -0.127. The third-order valence-corrected chi connectivity index (χ3v) is 6.99. The van der Waals surface area contributed by atoms with Gasteiger partial charge in [-0.2, -0.15) is 0 Å². The molecule has 5 rings (SSSR count). The Bertz CT molecular complexity index is 774. The Labute approximate surface area is 143 Å². The highest BCUT2D eigenvalue weighted by atomic mass is 79.9. The average molecular weight is 376 g/mol. The summed E-state index contributed by atoms with van der Waals surface area (Å²) in [4.78, 5) is 15.0. The molecule has 0 N–H and O–H groups in total. The van der Waals surface area contributed by atoms with Crippen LogP contribution < -0.4 is 9.47 Å². The van der Waals surface area contributed by atoms with E-state index in [1.165, 1.54) is 11.1 Å². The van der Waals surface area contributed by atoms with E-state index in [9.17, 15) is 4.79 Å². The van der Waals surface area contributed by atoms with Crippen LogP contribution in [-0.2, 0) is 16.6 Å². The van der Waals surface area contributed by atoms with Crippen molar-refractivity contribution in [2.24, 2.45) is 5.92 Å². The Morgan fingerprint density at radius 3 is 3.09 bits per heavy atom. The maximum Gasteiger partial charge on any atom is 0.196 e. The third-order valence-electron chi connectivity index (χ3n) is 6.28. The maximum atomic E-state index is 12.6. The largest absolute Gasteiger partial charge is 0.493 e. The highest BCUT2D eigenvalue weighted by Gasteiger charge is 2.64. The van der Waals surface area contributed by atoms with E-state index in [-0.39, 0.29) is 11.2 Å². The molecule has 2 heterocycles. The average Bonchev–Trinajstić information content (AvgIpc) is 2.89. The number of halogens is 1. The molecule has 2 aliphatic carbocycles. The number of carbonyl (C=O) groups is 1. The van der Waals surface area contributed by atoms with E-state index in [2.05, 4.69) is 34.0 Å². The molecule has 1 fully saturated rings. The van der Waals surface area contributed by atoms with Gasteiger partial charge in [0.2, 0.25) is 0 Å². The topological polar surface area (TPSA) is 38.8 Å². The Morgan fingerprint density at radius 1 is 1.48 bits per heavy atom. The van der Waals surface area contributed by atoms with E-state index in [1.54, 1.807) is 13.2 Å². The Morgan fingerprint density at radius 2 is 2.30 bits per heavy atom. The molecule has 0 amide bonds. The van der Waals surface area contributed by atoms with Crippen molar-refractivity contribution in [3.05, 3.63) is 33.8 Å². The van der Waals surface area contributed by atoms with Gasteiger partial charge in [-0.05, 0) is 44.1 Å². The minimum atomic E-state index is -0.397. The number of ether oxygens (including phenoxy) is 2. The smallest absolute Gasteiger partial charge is 0.196 e. The highest BCUT2D eigenvalue weighted by Crippen LogP contribution is 2.62. The first-order valence-corrected chi connectivity index (χ1v) is 8.86. The molecule has 5 heteroatoms. The van der Waals surface area contributed by atoms with Crippen LogP contribution in [0.3, 0.4) is 0 Å². The zero-order valence-corrected chi connectivity index (χ0v) is 14.7. The standard InChI is InChI=1S/C18H18BrNO3/c1-20-6-5-18-10-3-4-13(21)17(18)23-16-14(22-2)8-11(19)9(15(16)18)7-12(10)20/h3-4,8,10,12,17H,5-7H2,1-2H3/t10?,12-,17?,18+/m0/s1. The highest BCUT2D eigenvalue weighted by molar-refractivity contribution is 9.10. The summed E-state index contributed by atoms with van der Waals surface area (Å²) in [6, 6.07) is 2.40. The fourth-order valence-corrected chi connectivity index (χ4v) is 5.83. The number of piperidine rings is 1. The minimum Gasteiger partial charge on any atom is -0.493 e. The molecular formula is C18H18BrNO3. The molecule has 4 aliphatic rings. The first-order valence-electron chi connectivity index (χ1n) is 8.06. The summed E-state index contributed by atoms with van der Waals surface area (Å²) in [7, 11) is 3.85. The summed E-state index contributed by atoms with van der Waals surface area (Å²) < 4.78 is 12.9. The number of methoxy groups -OCH3 is 1. The number of ketones is 1. The molecule has 1 aromatic rings. The van der Waals surface area contributed by atoms with Crippen molar-refractivity contribution in [2.45, 2.75) is 30.4 Å². The van der Waals surface area contributed by atoms with Crippen molar-refractivity contribution in [1.82, 2.24) is 4.90 Å². The molecule has 4 atom stereocenters. The van der Waals surface area contributed by atoms with E-state index in [1.807, 2.05) is 6.07 Å². The van der Waals surface area contributed by atoms with E-state index in [4.69, 9.17) is 9.47 Å². The van der Waals surface area contributed by atoms with Crippen LogP contribution in [0.1, 0.15) is 17.5 Å². The lowest BCUT2D eigenvalue weighted by atomic mass is 9.53. The van der Waals surface area contributed by atoms with E-state index >= 15 is 0 Å². The number of likely N-dealkylation sites (N-methyl/N-ethyl adjacent to an activating group) is 1. The van der Waals surface area contributed by atoms with Gasteiger partial charge < -0.3 is 14.4 Å². The molecule has 0 radical (unpaired) electrons. The van der Waals surface area contributed by atoms with Crippen LogP contribution in [0.15, 0.2) is 22.7 Å². The summed E-state index contributed by atoms with van der Waals surface area (Å²) in [6.45, 7) is 0.996. The van der Waals surface area contributed by atoms with Gasteiger partial charge in [-0.1, -0.05) is 22.0 Å². The van der Waals surface area contributed by atoms with Crippen molar-refractivity contribution >= 4 is 21.7 Å². The summed E-state index contributed by atoms with van der Waals surface area (Å²) in [5.74, 6) is 1.94. The molecule has 23 heavy (non-hydrogen) atoms. The lowest BCUT2D eigenvalue weighted by Crippen LogP contribution is -2.64. The van der Waals surface area contributed by atoms with Crippen LogP contribution in [-0.4, -0.2) is 43.5 Å². The normalized spacial score (nSPS) is 36.7. The Kier molecular flexibility index (Phi) is 2.68. The Hall–Kier alpha value is -1.33. The summed E-state index contributed by atoms with van der Waals surface area (Å²) in [5, 5.41) is 0. The zero-order chi connectivity index (χ0) is 15.9. The molecular weight excluding hydrogens is 358 g/mol. The van der Waals surface area contributed by atoms with Gasteiger partial charge in [-0.3, -0.25) is 4.79 Å². The summed E-state index contributed by atoms with van der Waals surface area (Å²) in [5.41, 5.74) is 2.29. The number of benzene rings is 1. The van der Waals surface area contributed by atoms with Gasteiger partial charge in [-0.15, -0.1) is 0 Å². The number of likely N-dealkylation sites (tertiary alicyclic amines) is 1. The van der Waals surface area contributed by atoms with E-state index in [0.29, 0.717) is 12.0 Å². The summed E-state index contributed by atoms with van der Waals surface area (Å²) in [6.07, 6.45) is 5.40. The SMILES string of the molecule is COc1cc(Br)c2c3c1OC1C(=O)C=CC4[C@H](C2)N(C)CC[C@@]314. The predicted molar refractivity (Wildman–Crippen MR) is 89.2 cm³/mol. The van der Waals surface area contributed by atoms with Gasteiger partial charge >= 0.3 is 0 Å². The van der Waals surface area contributed by atoms with Gasteiger partial charge in [0.05, 0.1) is 12.5 Å². The first kappa shape index (κ1) is 14.1. The van der Waals surface area contributed by atoms with Crippen LogP contribution in [0, 0.1) is 5.92 Å². The van der Waals surface area contributed by atoms with Gasteiger partial charge in [0, 0.05) is 22.0 Å². The molecule has 2 unspecified atom stereocenters. The second-order valence-electron chi connectivity index (χ2n) is 7.07. The van der Waals surface area contributed by atoms with Crippen molar-refractivity contribution in [2.75, 3.05) is 20.7 Å². The fourth-order valence-electron chi connectivity index (χ4n) is 5.26. The Balaban J connectivity index is 1.87. The molecule has 0 saturated carbocycles. The number of carbonyl (C=O) groups excluding carboxylic acids is 1. The second-order valence-corrected chi connectivity index (χ2v) is 7.93. The van der Waals surface area contributed by atoms with Gasteiger partial charge in [0.15, 0.2) is 23.4 Å². The van der Waals surface area contributed by atoms with Crippen molar-refractivity contribution in [1.29, 1.82) is 0 Å². The van der Waals surface area contributed by atoms with Gasteiger partial charge in [0.1, 0.15) is 0 Å². The number of nitrogens with zero attached hydrogens (tertiary/aromatic N) is 1. The molecule has 2 bridgehead atoms. The molecule has 0 aromatic heterocycles. The fraction of sp³-hybridized carbons (Fsp3) is 0.500. The van der Waals surface area contributed by atoms with E-state index < -0.39 is 6.10 Å². The zero-order valence-electron chi connectivity index (χ0n) is 13.1. The first-order chi connectivity index (χ1) is 11.1. The quantitative estimate of drug-likeness (QED) is 0.755. The van der Waals surface area contributed by atoms with Crippen molar-refractivity contribution in [3.63, 3.8) is 0 Å². The second kappa shape index (κ2) is 4.39. The number of hydrogen-bond donors (Lipinski definition) is 0. The van der Waals surface area contributed by atoms with Crippen LogP contribution in [0.2, 0.25) is 0 Å². The maximum absolute atomic E-state index is 12.6. The molecule has 1 aromatic carbocycles. The van der Waals surface area contributed by atoms with Crippen molar-refractivity contribution < 1.29 is 14.3 Å². The van der Waals surface area contributed by atoms with Crippen LogP contribution in [0.4, 0.5) is 0 Å². The van der Waals surface area contributed by atoms with Crippen LogP contribution in [0.25, 0.3) is 0 Å².